The van der Waals surface area contributed by atoms with Crippen LogP contribution in [0, 0.1) is 0 Å². The van der Waals surface area contributed by atoms with Crippen molar-refractivity contribution in [1.82, 2.24) is 10.2 Å². The van der Waals surface area contributed by atoms with Crippen LogP contribution < -0.4 is 5.32 Å². The first-order chi connectivity index (χ1) is 7.29. The number of nitrogens with one attached hydrogen (secondary N) is 1. The first-order valence-corrected chi connectivity index (χ1v) is 6.45. The van der Waals surface area contributed by atoms with Crippen LogP contribution in [0.5, 0.6) is 0 Å². The topological polar surface area (TPSA) is 35.5 Å². The second-order valence-electron chi connectivity index (χ2n) is 5.06. The van der Waals surface area contributed by atoms with Crippen LogP contribution in [0.1, 0.15) is 39.0 Å². The summed E-state index contributed by atoms with van der Waals surface area (Å²) in [6, 6.07) is 1.49. The lowest BCUT2D eigenvalue weighted by Crippen LogP contribution is -2.40. The van der Waals surface area contributed by atoms with Crippen LogP contribution in [0.4, 0.5) is 0 Å². The molecule has 0 radical (unpaired) electrons. The third-order valence-corrected chi connectivity index (χ3v) is 3.24. The first-order valence-electron chi connectivity index (χ1n) is 6.45. The third kappa shape index (κ3) is 4.09. The van der Waals surface area contributed by atoms with Gasteiger partial charge in [0.15, 0.2) is 0 Å². The van der Waals surface area contributed by atoms with Crippen molar-refractivity contribution in [2.45, 2.75) is 57.2 Å². The maximum Gasteiger partial charge on any atom is 0.0791 e. The van der Waals surface area contributed by atoms with Gasteiger partial charge in [-0.1, -0.05) is 6.92 Å². The predicted molar refractivity (Wildman–Crippen MR) is 61.9 cm³/mol. The lowest BCUT2D eigenvalue weighted by molar-refractivity contribution is 0.107. The SMILES string of the molecule is CCCN(CC(O)CNC1CC1)C1CC1. The molecule has 0 spiro atoms. The number of aliphatic hydroxyl groups excluding tert-OH is 1. The smallest absolute Gasteiger partial charge is 0.0791 e. The summed E-state index contributed by atoms with van der Waals surface area (Å²) in [4.78, 5) is 2.46. The molecule has 2 fully saturated rings. The Balaban J connectivity index is 1.62. The molecule has 15 heavy (non-hydrogen) atoms. The van der Waals surface area contributed by atoms with E-state index in [0.717, 1.165) is 25.7 Å². The number of nitrogens with zero attached hydrogens (tertiary/aromatic N) is 1. The van der Waals surface area contributed by atoms with E-state index < -0.39 is 0 Å². The summed E-state index contributed by atoms with van der Waals surface area (Å²) in [6.07, 6.45) is 6.28. The highest BCUT2D eigenvalue weighted by Crippen LogP contribution is 2.27. The predicted octanol–water partition coefficient (Wildman–Crippen LogP) is 0.974. The summed E-state index contributed by atoms with van der Waals surface area (Å²) in [6.45, 7) is 4.99. The van der Waals surface area contributed by atoms with Gasteiger partial charge in [-0.15, -0.1) is 0 Å². The zero-order valence-electron chi connectivity index (χ0n) is 9.78. The van der Waals surface area contributed by atoms with Gasteiger partial charge in [-0.3, -0.25) is 4.90 Å². The van der Waals surface area contributed by atoms with E-state index in [2.05, 4.69) is 17.1 Å². The van der Waals surface area contributed by atoms with Gasteiger partial charge in [0.25, 0.3) is 0 Å². The van der Waals surface area contributed by atoms with E-state index in [1.54, 1.807) is 0 Å². The van der Waals surface area contributed by atoms with Gasteiger partial charge in [0.05, 0.1) is 6.10 Å². The largest absolute Gasteiger partial charge is 0.390 e. The highest BCUT2D eigenvalue weighted by Gasteiger charge is 2.30. The van der Waals surface area contributed by atoms with Gasteiger partial charge in [0.1, 0.15) is 0 Å². The van der Waals surface area contributed by atoms with Gasteiger partial charge in [-0.2, -0.15) is 0 Å². The lowest BCUT2D eigenvalue weighted by Gasteiger charge is -2.24. The first kappa shape index (κ1) is 11.4. The van der Waals surface area contributed by atoms with Crippen LogP contribution >= 0.6 is 0 Å². The Morgan fingerprint density at radius 1 is 1.33 bits per heavy atom. The Morgan fingerprint density at radius 2 is 2.07 bits per heavy atom. The molecular weight excluding hydrogens is 188 g/mol. The van der Waals surface area contributed by atoms with E-state index in [0.29, 0.717) is 6.04 Å². The fourth-order valence-corrected chi connectivity index (χ4v) is 2.08. The minimum Gasteiger partial charge on any atom is -0.390 e. The van der Waals surface area contributed by atoms with Crippen LogP contribution in [0.15, 0.2) is 0 Å². The molecule has 88 valence electrons. The number of hydrogen-bond acceptors (Lipinski definition) is 3. The molecule has 2 aliphatic rings. The van der Waals surface area contributed by atoms with Crippen LogP contribution in [-0.4, -0.2) is 47.8 Å². The molecule has 2 aliphatic carbocycles. The molecule has 0 aromatic heterocycles. The second kappa shape index (κ2) is 5.28. The third-order valence-electron chi connectivity index (χ3n) is 3.24. The van der Waals surface area contributed by atoms with E-state index in [1.807, 2.05) is 0 Å². The fourth-order valence-electron chi connectivity index (χ4n) is 2.08. The monoisotopic (exact) mass is 212 g/mol. The quantitative estimate of drug-likeness (QED) is 0.629. The maximum atomic E-state index is 9.90. The van der Waals surface area contributed by atoms with Crippen molar-refractivity contribution < 1.29 is 5.11 Å². The Bertz CT molecular complexity index is 190. The van der Waals surface area contributed by atoms with Crippen LogP contribution in [0.3, 0.4) is 0 Å². The van der Waals surface area contributed by atoms with Crippen molar-refractivity contribution in [1.29, 1.82) is 0 Å². The van der Waals surface area contributed by atoms with Crippen molar-refractivity contribution in [2.75, 3.05) is 19.6 Å². The maximum absolute atomic E-state index is 9.90. The Kier molecular flexibility index (Phi) is 4.00. The van der Waals surface area contributed by atoms with Gasteiger partial charge in [0.2, 0.25) is 0 Å². The normalized spacial score (nSPS) is 23.4. The van der Waals surface area contributed by atoms with E-state index in [4.69, 9.17) is 0 Å². The molecule has 2 rings (SSSR count). The molecule has 0 heterocycles. The highest BCUT2D eigenvalue weighted by atomic mass is 16.3. The zero-order chi connectivity index (χ0) is 10.7. The summed E-state index contributed by atoms with van der Waals surface area (Å²) >= 11 is 0. The number of rotatable bonds is 8. The van der Waals surface area contributed by atoms with Gasteiger partial charge < -0.3 is 10.4 Å². The van der Waals surface area contributed by atoms with Crippen LogP contribution in [0.25, 0.3) is 0 Å². The van der Waals surface area contributed by atoms with Crippen molar-refractivity contribution in [3.8, 4) is 0 Å². The molecule has 1 unspecified atom stereocenters. The fraction of sp³-hybridized carbons (Fsp3) is 1.00. The highest BCUT2D eigenvalue weighted by molar-refractivity contribution is 4.87. The number of hydrogen-bond donors (Lipinski definition) is 2. The Hall–Kier alpha value is -0.120. The molecule has 0 aliphatic heterocycles. The van der Waals surface area contributed by atoms with Crippen LogP contribution in [0.2, 0.25) is 0 Å². The molecular formula is C12H24N2O. The summed E-state index contributed by atoms with van der Waals surface area (Å²) in [7, 11) is 0. The van der Waals surface area contributed by atoms with E-state index in [-0.39, 0.29) is 6.10 Å². The van der Waals surface area contributed by atoms with Gasteiger partial charge in [-0.05, 0) is 38.6 Å². The molecule has 0 bridgehead atoms. The second-order valence-corrected chi connectivity index (χ2v) is 5.06. The molecule has 3 heteroatoms. The summed E-state index contributed by atoms with van der Waals surface area (Å²) < 4.78 is 0. The zero-order valence-corrected chi connectivity index (χ0v) is 9.78. The van der Waals surface area contributed by atoms with Gasteiger partial charge >= 0.3 is 0 Å². The van der Waals surface area contributed by atoms with E-state index >= 15 is 0 Å². The molecule has 0 saturated heterocycles. The molecule has 0 aromatic carbocycles. The van der Waals surface area contributed by atoms with Gasteiger partial charge in [-0.25, -0.2) is 0 Å². The van der Waals surface area contributed by atoms with Crippen LogP contribution in [-0.2, 0) is 0 Å². The van der Waals surface area contributed by atoms with E-state index in [9.17, 15) is 5.11 Å². The standard InChI is InChI=1S/C12H24N2O/c1-2-7-14(11-5-6-11)9-12(15)8-13-10-3-4-10/h10-13,15H,2-9H2,1H3. The van der Waals surface area contributed by atoms with Crippen molar-refractivity contribution in [3.05, 3.63) is 0 Å². The molecule has 1 atom stereocenters. The summed E-state index contributed by atoms with van der Waals surface area (Å²) in [5.74, 6) is 0. The van der Waals surface area contributed by atoms with Crippen molar-refractivity contribution in [3.63, 3.8) is 0 Å². The minimum absolute atomic E-state index is 0.183. The molecule has 2 saturated carbocycles. The van der Waals surface area contributed by atoms with Gasteiger partial charge in [0, 0.05) is 25.2 Å². The minimum atomic E-state index is -0.183. The van der Waals surface area contributed by atoms with Crippen molar-refractivity contribution in [2.24, 2.45) is 0 Å². The molecule has 3 nitrogen and oxygen atoms in total. The average molecular weight is 212 g/mol. The summed E-state index contributed by atoms with van der Waals surface area (Å²) in [5, 5.41) is 13.3. The van der Waals surface area contributed by atoms with E-state index in [1.165, 1.54) is 32.1 Å². The number of aliphatic hydroxyl groups is 1. The molecule has 0 aromatic rings. The Morgan fingerprint density at radius 3 is 2.60 bits per heavy atom. The molecule has 0 amide bonds. The van der Waals surface area contributed by atoms with Crippen molar-refractivity contribution >= 4 is 0 Å². The lowest BCUT2D eigenvalue weighted by atomic mass is 10.3. The summed E-state index contributed by atoms with van der Waals surface area (Å²) in [5.41, 5.74) is 0. The molecule has 2 N–H and O–H groups in total. The Labute approximate surface area is 92.8 Å². The average Bonchev–Trinajstić information content (AvgIpc) is 3.05.